The normalized spacial score (nSPS) is 22.6. The number of piperidine rings is 1. The van der Waals surface area contributed by atoms with E-state index in [2.05, 4.69) is 59.6 Å². The minimum Gasteiger partial charge on any atom is -0.378 e. The second-order valence-corrected chi connectivity index (χ2v) is 9.62. The Morgan fingerprint density at radius 2 is 2.06 bits per heavy atom. The molecule has 7 heteroatoms. The Balaban J connectivity index is 1.54. The molecule has 168 valence electrons. The van der Waals surface area contributed by atoms with E-state index in [1.54, 1.807) is 18.9 Å². The number of hydrogen-bond donors (Lipinski definition) is 1. The number of amides is 1. The highest BCUT2D eigenvalue weighted by molar-refractivity contribution is 7.99. The van der Waals surface area contributed by atoms with Crippen LogP contribution in [0.2, 0.25) is 0 Å². The Morgan fingerprint density at radius 1 is 1.32 bits per heavy atom. The van der Waals surface area contributed by atoms with Crippen LogP contribution in [-0.4, -0.2) is 58.9 Å². The molecule has 1 saturated heterocycles. The molecule has 31 heavy (non-hydrogen) atoms. The van der Waals surface area contributed by atoms with Crippen LogP contribution in [0, 0.1) is 6.92 Å². The molecule has 1 fully saturated rings. The molecule has 1 aromatic carbocycles. The first-order valence-electron chi connectivity index (χ1n) is 11.2. The van der Waals surface area contributed by atoms with Crippen LogP contribution >= 0.6 is 11.8 Å². The summed E-state index contributed by atoms with van der Waals surface area (Å²) in [5, 5.41) is 7.87. The monoisotopic (exact) mass is 442 g/mol. The van der Waals surface area contributed by atoms with E-state index >= 15 is 0 Å². The third-order valence-corrected chi connectivity index (χ3v) is 7.59. The molecular weight excluding hydrogens is 408 g/mol. The Hall–Kier alpha value is -1.83. The van der Waals surface area contributed by atoms with Crippen molar-refractivity contribution in [2.45, 2.75) is 57.3 Å². The van der Waals surface area contributed by atoms with E-state index < -0.39 is 0 Å². The largest absolute Gasteiger partial charge is 0.378 e. The fourth-order valence-corrected chi connectivity index (χ4v) is 5.85. The van der Waals surface area contributed by atoms with Gasteiger partial charge in [-0.15, -0.1) is 0 Å². The van der Waals surface area contributed by atoms with Gasteiger partial charge in [0, 0.05) is 37.4 Å². The SMILES string of the molecule is CCn1cc(CN2CCC3(CC2)c2ccccc2[C@@H](NC(=O)CSC)[C@@H]3OC)c(C)n1. The maximum Gasteiger partial charge on any atom is 0.230 e. The lowest BCUT2D eigenvalue weighted by molar-refractivity contribution is -0.121. The molecule has 1 aliphatic carbocycles. The lowest BCUT2D eigenvalue weighted by atomic mass is 9.72. The van der Waals surface area contributed by atoms with Crippen LogP contribution in [0.15, 0.2) is 30.5 Å². The second kappa shape index (κ2) is 9.35. The Bertz CT molecular complexity index is 920. The molecule has 6 nitrogen and oxygen atoms in total. The highest BCUT2D eigenvalue weighted by Gasteiger charge is 2.53. The fourth-order valence-electron chi connectivity index (χ4n) is 5.50. The van der Waals surface area contributed by atoms with Gasteiger partial charge in [-0.2, -0.15) is 16.9 Å². The van der Waals surface area contributed by atoms with Gasteiger partial charge in [0.2, 0.25) is 5.91 Å². The Kier molecular flexibility index (Phi) is 6.74. The number of ether oxygens (including phenoxy) is 1. The molecule has 2 heterocycles. The molecule has 2 aliphatic rings. The first-order chi connectivity index (χ1) is 15.0. The predicted molar refractivity (Wildman–Crippen MR) is 125 cm³/mol. The first kappa shape index (κ1) is 22.4. The number of nitrogens with zero attached hydrogens (tertiary/aromatic N) is 3. The molecule has 2 atom stereocenters. The topological polar surface area (TPSA) is 59.4 Å². The van der Waals surface area contributed by atoms with Crippen molar-refractivity contribution in [3.05, 3.63) is 52.8 Å². The summed E-state index contributed by atoms with van der Waals surface area (Å²) in [6, 6.07) is 8.51. The first-order valence-corrected chi connectivity index (χ1v) is 12.6. The number of nitrogens with one attached hydrogen (secondary N) is 1. The zero-order chi connectivity index (χ0) is 22.0. The summed E-state index contributed by atoms with van der Waals surface area (Å²) < 4.78 is 8.14. The van der Waals surface area contributed by atoms with Crippen LogP contribution in [-0.2, 0) is 28.0 Å². The predicted octanol–water partition coefficient (Wildman–Crippen LogP) is 3.29. The average Bonchev–Trinajstić information content (AvgIpc) is 3.25. The van der Waals surface area contributed by atoms with E-state index in [1.807, 2.05) is 10.9 Å². The van der Waals surface area contributed by atoms with Crippen LogP contribution in [0.25, 0.3) is 0 Å². The van der Waals surface area contributed by atoms with Gasteiger partial charge in [-0.3, -0.25) is 14.4 Å². The molecule has 0 radical (unpaired) electrons. The molecule has 1 amide bonds. The highest BCUT2D eigenvalue weighted by Crippen LogP contribution is 2.52. The zero-order valence-electron chi connectivity index (χ0n) is 19.1. The average molecular weight is 443 g/mol. The third-order valence-electron chi connectivity index (χ3n) is 7.04. The van der Waals surface area contributed by atoms with Crippen molar-refractivity contribution in [3.8, 4) is 0 Å². The van der Waals surface area contributed by atoms with Crippen molar-refractivity contribution < 1.29 is 9.53 Å². The number of methoxy groups -OCH3 is 1. The van der Waals surface area contributed by atoms with E-state index in [1.165, 1.54) is 16.7 Å². The lowest BCUT2D eigenvalue weighted by Crippen LogP contribution is -2.50. The number of likely N-dealkylation sites (tertiary alicyclic amines) is 1. The van der Waals surface area contributed by atoms with Crippen LogP contribution < -0.4 is 5.32 Å². The van der Waals surface area contributed by atoms with Crippen molar-refractivity contribution in [2.75, 3.05) is 32.2 Å². The number of fused-ring (bicyclic) bond motifs is 2. The molecule has 4 rings (SSSR count). The van der Waals surface area contributed by atoms with Gasteiger partial charge in [0.15, 0.2) is 0 Å². The van der Waals surface area contributed by atoms with Crippen molar-refractivity contribution >= 4 is 17.7 Å². The van der Waals surface area contributed by atoms with Gasteiger partial charge < -0.3 is 10.1 Å². The number of aryl methyl sites for hydroxylation is 2. The highest BCUT2D eigenvalue weighted by atomic mass is 32.2. The smallest absolute Gasteiger partial charge is 0.230 e. The summed E-state index contributed by atoms with van der Waals surface area (Å²) in [5.74, 6) is 0.549. The third kappa shape index (κ3) is 4.15. The van der Waals surface area contributed by atoms with E-state index in [9.17, 15) is 4.79 Å². The van der Waals surface area contributed by atoms with Gasteiger partial charge in [0.05, 0.1) is 23.6 Å². The van der Waals surface area contributed by atoms with E-state index in [0.717, 1.165) is 44.7 Å². The minimum absolute atomic E-state index is 0.0394. The standard InChI is InChI=1S/C24H34N4O2S/c1-5-28-15-18(17(2)26-28)14-27-12-10-24(11-13-27)20-9-7-6-8-19(20)22(23(24)30-3)25-21(29)16-31-4/h6-9,15,22-23H,5,10-14,16H2,1-4H3,(H,25,29)/t22-,23+/m1/s1. The second-order valence-electron chi connectivity index (χ2n) is 8.75. The van der Waals surface area contributed by atoms with Gasteiger partial charge in [-0.1, -0.05) is 24.3 Å². The summed E-state index contributed by atoms with van der Waals surface area (Å²) in [6.45, 7) is 8.09. The van der Waals surface area contributed by atoms with Crippen molar-refractivity contribution in [3.63, 3.8) is 0 Å². The van der Waals surface area contributed by atoms with Gasteiger partial charge >= 0.3 is 0 Å². The number of carbonyl (C=O) groups excluding carboxylic acids is 1. The quantitative estimate of drug-likeness (QED) is 0.713. The van der Waals surface area contributed by atoms with Crippen LogP contribution in [0.5, 0.6) is 0 Å². The molecule has 0 saturated carbocycles. The maximum absolute atomic E-state index is 12.5. The van der Waals surface area contributed by atoms with Crippen LogP contribution in [0.3, 0.4) is 0 Å². The van der Waals surface area contributed by atoms with Crippen LogP contribution in [0.1, 0.15) is 48.2 Å². The summed E-state index contributed by atoms with van der Waals surface area (Å²) in [4.78, 5) is 15.0. The van der Waals surface area contributed by atoms with E-state index in [-0.39, 0.29) is 23.5 Å². The Morgan fingerprint density at radius 3 is 2.71 bits per heavy atom. The Labute approximate surface area is 189 Å². The molecule has 1 N–H and O–H groups in total. The number of thioether (sulfide) groups is 1. The molecule has 0 unspecified atom stereocenters. The molecule has 0 bridgehead atoms. The maximum atomic E-state index is 12.5. The van der Waals surface area contributed by atoms with Gasteiger partial charge in [0.1, 0.15) is 0 Å². The van der Waals surface area contributed by atoms with Gasteiger partial charge in [-0.25, -0.2) is 0 Å². The molecule has 2 aromatic rings. The van der Waals surface area contributed by atoms with Crippen LogP contribution in [0.4, 0.5) is 0 Å². The van der Waals surface area contributed by atoms with Crippen molar-refractivity contribution in [2.24, 2.45) is 0 Å². The number of carbonyl (C=O) groups is 1. The molecular formula is C24H34N4O2S. The number of rotatable bonds is 7. The van der Waals surface area contributed by atoms with Gasteiger partial charge in [0.25, 0.3) is 0 Å². The fraction of sp³-hybridized carbons (Fsp3) is 0.583. The zero-order valence-corrected chi connectivity index (χ0v) is 19.9. The minimum atomic E-state index is -0.0857. The van der Waals surface area contributed by atoms with Crippen molar-refractivity contribution in [1.82, 2.24) is 20.0 Å². The molecule has 1 spiro atoms. The van der Waals surface area contributed by atoms with E-state index in [0.29, 0.717) is 5.75 Å². The molecule has 1 aromatic heterocycles. The number of aromatic nitrogens is 2. The molecule has 1 aliphatic heterocycles. The van der Waals surface area contributed by atoms with E-state index in [4.69, 9.17) is 4.74 Å². The number of benzene rings is 1. The summed E-state index contributed by atoms with van der Waals surface area (Å²) in [7, 11) is 1.79. The summed E-state index contributed by atoms with van der Waals surface area (Å²) in [6.07, 6.45) is 6.15. The lowest BCUT2D eigenvalue weighted by Gasteiger charge is -2.44. The van der Waals surface area contributed by atoms with Crippen molar-refractivity contribution in [1.29, 1.82) is 0 Å². The summed E-state index contributed by atoms with van der Waals surface area (Å²) in [5.41, 5.74) is 4.96. The van der Waals surface area contributed by atoms with Gasteiger partial charge in [-0.05, 0) is 57.2 Å². The number of hydrogen-bond acceptors (Lipinski definition) is 5. The summed E-state index contributed by atoms with van der Waals surface area (Å²) >= 11 is 1.55.